The van der Waals surface area contributed by atoms with Crippen LogP contribution in [0.15, 0.2) is 24.2 Å². The average Bonchev–Trinajstić information content (AvgIpc) is 1.86. The Hall–Kier alpha value is -0.238. The molecule has 1 aliphatic rings. The van der Waals surface area contributed by atoms with Crippen molar-refractivity contribution in [2.24, 2.45) is 0 Å². The highest BCUT2D eigenvalue weighted by molar-refractivity contribution is 6.91. The molecule has 0 aromatic rings. The lowest BCUT2D eigenvalue weighted by Gasteiger charge is -2.29. The zero-order chi connectivity index (χ0) is 8.48. The molecule has 0 aromatic carbocycles. The lowest BCUT2D eigenvalue weighted by molar-refractivity contribution is 1.35. The van der Waals surface area contributed by atoms with Gasteiger partial charge in [-0.2, -0.15) is 0 Å². The van der Waals surface area contributed by atoms with Crippen LogP contribution in [0.1, 0.15) is 0 Å². The van der Waals surface area contributed by atoms with E-state index in [1.165, 1.54) is 0 Å². The molecule has 0 saturated carbocycles. The molecule has 2 heteroatoms. The Morgan fingerprint density at radius 2 is 1.82 bits per heavy atom. The molecule has 1 aliphatic heterocycles. The van der Waals surface area contributed by atoms with Gasteiger partial charge in [0, 0.05) is 8.07 Å². The number of hydrogen-bond donors (Lipinski definition) is 0. The third kappa shape index (κ3) is 2.09. The van der Waals surface area contributed by atoms with Gasteiger partial charge in [-0.3, -0.25) is 0 Å². The van der Waals surface area contributed by atoms with Crippen LogP contribution in [0.4, 0.5) is 0 Å². The molecule has 1 rings (SSSR count). The topological polar surface area (TPSA) is 0 Å². The highest BCUT2D eigenvalue weighted by Gasteiger charge is 2.30. The molecule has 1 unspecified atom stereocenters. The summed E-state index contributed by atoms with van der Waals surface area (Å²) in [5.74, 6) is 2.32. The molecule has 11 heavy (non-hydrogen) atoms. The summed E-state index contributed by atoms with van der Waals surface area (Å²) in [4.78, 5) is 0. The van der Waals surface area contributed by atoms with Crippen LogP contribution >= 0.6 is 0 Å². The van der Waals surface area contributed by atoms with E-state index in [2.05, 4.69) is 50.7 Å². The van der Waals surface area contributed by atoms with E-state index in [4.69, 9.17) is 0 Å². The highest BCUT2D eigenvalue weighted by Crippen LogP contribution is 2.28. The van der Waals surface area contributed by atoms with Crippen LogP contribution in [0.5, 0.6) is 0 Å². The van der Waals surface area contributed by atoms with Crippen LogP contribution in [0.2, 0.25) is 31.9 Å². The van der Waals surface area contributed by atoms with E-state index >= 15 is 0 Å². The van der Waals surface area contributed by atoms with Crippen molar-refractivity contribution in [2.45, 2.75) is 31.9 Å². The number of hydrogen-bond acceptors (Lipinski definition) is 0. The maximum absolute atomic E-state index is 2.44. The maximum atomic E-state index is 2.44. The van der Waals surface area contributed by atoms with Crippen LogP contribution in [0.3, 0.4) is 0 Å². The maximum Gasteiger partial charge on any atom is 0.167 e. The zero-order valence-electron chi connectivity index (χ0n) is 7.96. The van der Waals surface area contributed by atoms with Crippen molar-refractivity contribution in [3.63, 3.8) is 0 Å². The lowest BCUT2D eigenvalue weighted by atomic mass is 9.48. The van der Waals surface area contributed by atoms with Crippen molar-refractivity contribution < 1.29 is 0 Å². The molecule has 60 valence electrons. The summed E-state index contributed by atoms with van der Waals surface area (Å²) in [6.45, 7) is 10.4. The molecule has 0 bridgehead atoms. The molecule has 0 saturated heterocycles. The molecule has 0 fully saturated rings. The SMILES string of the molecule is CB1C=CC=CC1[Si](C)(C)C. The Kier molecular flexibility index (Phi) is 2.43. The summed E-state index contributed by atoms with van der Waals surface area (Å²) in [6.07, 6.45) is 6.75. The van der Waals surface area contributed by atoms with E-state index in [1.54, 1.807) is 0 Å². The average molecular weight is 164 g/mol. The van der Waals surface area contributed by atoms with Crippen molar-refractivity contribution in [2.75, 3.05) is 0 Å². The van der Waals surface area contributed by atoms with Gasteiger partial charge in [-0.1, -0.05) is 44.7 Å². The minimum absolute atomic E-state index is 0.756. The Balaban J connectivity index is 2.74. The first kappa shape index (κ1) is 8.85. The normalized spacial score (nSPS) is 24.4. The molecule has 0 N–H and O–H groups in total. The largest absolute Gasteiger partial charge is 0.167 e. The Morgan fingerprint density at radius 1 is 1.18 bits per heavy atom. The minimum Gasteiger partial charge on any atom is -0.115 e. The van der Waals surface area contributed by atoms with E-state index in [9.17, 15) is 0 Å². The fourth-order valence-corrected chi connectivity index (χ4v) is 4.17. The van der Waals surface area contributed by atoms with E-state index in [1.807, 2.05) is 0 Å². The second-order valence-corrected chi connectivity index (χ2v) is 9.92. The smallest absolute Gasteiger partial charge is 0.115 e. The van der Waals surface area contributed by atoms with Crippen molar-refractivity contribution in [1.82, 2.24) is 0 Å². The molecule has 0 aliphatic carbocycles. The molecule has 0 aromatic heterocycles. The fourth-order valence-electron chi connectivity index (χ4n) is 1.80. The molecule has 1 heterocycles. The monoisotopic (exact) mass is 164 g/mol. The van der Waals surface area contributed by atoms with Crippen molar-refractivity contribution in [1.29, 1.82) is 0 Å². The summed E-state index contributed by atoms with van der Waals surface area (Å²) in [5, 5.41) is 0. The second-order valence-electron chi connectivity index (χ2n) is 4.52. The quantitative estimate of drug-likeness (QED) is 0.522. The van der Waals surface area contributed by atoms with Gasteiger partial charge >= 0.3 is 0 Å². The first-order valence-electron chi connectivity index (χ1n) is 4.37. The molecule has 0 amide bonds. The van der Waals surface area contributed by atoms with E-state index < -0.39 is 8.07 Å². The van der Waals surface area contributed by atoms with Gasteiger partial charge in [0.15, 0.2) is 6.71 Å². The summed E-state index contributed by atoms with van der Waals surface area (Å²) in [6, 6.07) is 0. The minimum atomic E-state index is -0.958. The summed E-state index contributed by atoms with van der Waals surface area (Å²) in [7, 11) is -0.958. The van der Waals surface area contributed by atoms with Gasteiger partial charge in [-0.25, -0.2) is 0 Å². The zero-order valence-corrected chi connectivity index (χ0v) is 8.96. The first-order chi connectivity index (χ1) is 5.02. The van der Waals surface area contributed by atoms with Crippen molar-refractivity contribution >= 4 is 14.8 Å². The van der Waals surface area contributed by atoms with Gasteiger partial charge in [0.25, 0.3) is 0 Å². The lowest BCUT2D eigenvalue weighted by Crippen LogP contribution is -2.36. The Bertz CT molecular complexity index is 188. The predicted octanol–water partition coefficient (Wildman–Crippen LogP) is 3.02. The first-order valence-corrected chi connectivity index (χ1v) is 7.94. The van der Waals surface area contributed by atoms with Crippen LogP contribution in [0, 0.1) is 0 Å². The van der Waals surface area contributed by atoms with Gasteiger partial charge in [0.1, 0.15) is 0 Å². The summed E-state index contributed by atoms with van der Waals surface area (Å²) < 4.78 is 0. The molecular weight excluding hydrogens is 147 g/mol. The molecule has 1 atom stereocenters. The Labute approximate surface area is 71.5 Å². The summed E-state index contributed by atoms with van der Waals surface area (Å²) >= 11 is 0. The van der Waals surface area contributed by atoms with Gasteiger partial charge in [0.05, 0.1) is 0 Å². The van der Waals surface area contributed by atoms with Crippen LogP contribution in [-0.4, -0.2) is 14.8 Å². The molecule has 0 nitrogen and oxygen atoms in total. The van der Waals surface area contributed by atoms with Gasteiger partial charge in [-0.05, 0) is 5.44 Å². The second kappa shape index (κ2) is 3.02. The number of rotatable bonds is 1. The molecular formula is C9H17BSi. The van der Waals surface area contributed by atoms with Gasteiger partial charge in [0.2, 0.25) is 0 Å². The predicted molar refractivity (Wildman–Crippen MR) is 57.0 cm³/mol. The van der Waals surface area contributed by atoms with Gasteiger partial charge in [-0.15, -0.1) is 5.98 Å². The summed E-state index contributed by atoms with van der Waals surface area (Å²) in [5.41, 5.74) is 0.840. The third-order valence-electron chi connectivity index (χ3n) is 2.41. The molecule has 0 spiro atoms. The van der Waals surface area contributed by atoms with E-state index in [0.29, 0.717) is 0 Å². The standard InChI is InChI=1S/C9H17BSi/c1-10-8-6-5-7-9(10)11(2,3)4/h5-9H,1-4H3. The van der Waals surface area contributed by atoms with E-state index in [-0.39, 0.29) is 0 Å². The van der Waals surface area contributed by atoms with Crippen molar-refractivity contribution in [3.8, 4) is 0 Å². The Morgan fingerprint density at radius 3 is 2.18 bits per heavy atom. The fraction of sp³-hybridized carbons (Fsp3) is 0.556. The highest BCUT2D eigenvalue weighted by atomic mass is 28.3. The van der Waals surface area contributed by atoms with Crippen LogP contribution < -0.4 is 0 Å². The van der Waals surface area contributed by atoms with Gasteiger partial charge < -0.3 is 0 Å². The van der Waals surface area contributed by atoms with E-state index in [0.717, 1.165) is 12.2 Å². The molecule has 0 radical (unpaired) electrons. The van der Waals surface area contributed by atoms with Crippen LogP contribution in [0.25, 0.3) is 0 Å². The third-order valence-corrected chi connectivity index (χ3v) is 5.13. The van der Waals surface area contributed by atoms with Crippen LogP contribution in [-0.2, 0) is 0 Å². The number of allylic oxidation sites excluding steroid dienone is 3. The van der Waals surface area contributed by atoms with Crippen molar-refractivity contribution in [3.05, 3.63) is 24.2 Å².